The summed E-state index contributed by atoms with van der Waals surface area (Å²) in [5, 5.41) is 2.52. The van der Waals surface area contributed by atoms with Crippen LogP contribution in [-0.2, 0) is 19.1 Å². The van der Waals surface area contributed by atoms with Gasteiger partial charge in [0.15, 0.2) is 13.2 Å². The number of benzene rings is 3. The fourth-order valence-corrected chi connectivity index (χ4v) is 4.36. The number of hydrogen-bond donors (Lipinski definition) is 1. The number of hydrogen-bond acceptors (Lipinski definition) is 6. The summed E-state index contributed by atoms with van der Waals surface area (Å²) in [5.41, 5.74) is 1.48. The van der Waals surface area contributed by atoms with E-state index >= 15 is 0 Å². The van der Waals surface area contributed by atoms with Gasteiger partial charge >= 0.3 is 5.97 Å². The van der Waals surface area contributed by atoms with Crippen molar-refractivity contribution < 1.29 is 23.9 Å². The summed E-state index contributed by atoms with van der Waals surface area (Å²) >= 11 is 1.58. The molecule has 1 atom stereocenters. The van der Waals surface area contributed by atoms with Gasteiger partial charge in [0.25, 0.3) is 11.8 Å². The summed E-state index contributed by atoms with van der Waals surface area (Å²) in [6.45, 7) is 0.807. The van der Waals surface area contributed by atoms with Crippen molar-refractivity contribution in [2.75, 3.05) is 18.1 Å². The van der Waals surface area contributed by atoms with Gasteiger partial charge in [0.05, 0.1) is 11.4 Å². The summed E-state index contributed by atoms with van der Waals surface area (Å²) in [4.78, 5) is 41.0. The van der Waals surface area contributed by atoms with Gasteiger partial charge in [-0.15, -0.1) is 0 Å². The second kappa shape index (κ2) is 10.2. The zero-order valence-corrected chi connectivity index (χ0v) is 18.7. The van der Waals surface area contributed by atoms with Crippen LogP contribution < -0.4 is 15.0 Å². The van der Waals surface area contributed by atoms with Crippen LogP contribution in [0.25, 0.3) is 0 Å². The lowest BCUT2D eigenvalue weighted by Gasteiger charge is -2.30. The first-order valence-corrected chi connectivity index (χ1v) is 11.2. The van der Waals surface area contributed by atoms with Crippen molar-refractivity contribution in [3.63, 3.8) is 0 Å². The number of carbonyl (C=O) groups is 3. The number of para-hydroxylation sites is 3. The van der Waals surface area contributed by atoms with E-state index in [1.54, 1.807) is 40.9 Å². The maximum atomic E-state index is 13.1. The number of fused-ring (bicyclic) bond motifs is 2. The first kappa shape index (κ1) is 22.4. The predicted molar refractivity (Wildman–Crippen MR) is 125 cm³/mol. The molecule has 0 radical (unpaired) electrons. The van der Waals surface area contributed by atoms with Gasteiger partial charge in [0.1, 0.15) is 11.8 Å². The summed E-state index contributed by atoms with van der Waals surface area (Å²) in [6, 6.07) is 23.1. The lowest BCUT2D eigenvalue weighted by atomic mass is 10.2. The quantitative estimate of drug-likeness (QED) is 0.536. The molecule has 4 rings (SSSR count). The predicted octanol–water partition coefficient (Wildman–Crippen LogP) is 3.94. The Hall–Kier alpha value is -3.78. The van der Waals surface area contributed by atoms with Gasteiger partial charge in [-0.2, -0.15) is 0 Å². The molecule has 3 aromatic carbocycles. The molecule has 0 spiro atoms. The molecule has 0 saturated carbocycles. The number of rotatable bonds is 7. The lowest BCUT2D eigenvalue weighted by Crippen LogP contribution is -2.43. The van der Waals surface area contributed by atoms with E-state index in [0.717, 1.165) is 21.2 Å². The Balaban J connectivity index is 1.34. The Morgan fingerprint density at radius 2 is 1.42 bits per heavy atom. The van der Waals surface area contributed by atoms with Crippen molar-refractivity contribution >= 4 is 40.9 Å². The third-order valence-corrected chi connectivity index (χ3v) is 5.99. The highest BCUT2D eigenvalue weighted by molar-refractivity contribution is 7.99. The average Bonchev–Trinajstić information content (AvgIpc) is 2.84. The second-order valence-electron chi connectivity index (χ2n) is 7.27. The first-order chi connectivity index (χ1) is 16.0. The summed E-state index contributed by atoms with van der Waals surface area (Å²) in [6.07, 6.45) is 0. The van der Waals surface area contributed by atoms with Crippen LogP contribution >= 0.6 is 11.8 Å². The van der Waals surface area contributed by atoms with Gasteiger partial charge in [-0.1, -0.05) is 54.2 Å². The van der Waals surface area contributed by atoms with Gasteiger partial charge in [0, 0.05) is 9.79 Å². The molecule has 8 heteroatoms. The summed E-state index contributed by atoms with van der Waals surface area (Å²) in [5.74, 6) is -1.00. The number of nitrogens with zero attached hydrogens (tertiary/aromatic N) is 1. The Bertz CT molecular complexity index is 1120. The average molecular weight is 463 g/mol. The van der Waals surface area contributed by atoms with E-state index in [2.05, 4.69) is 5.32 Å². The van der Waals surface area contributed by atoms with Crippen LogP contribution in [0.5, 0.6) is 5.75 Å². The maximum Gasteiger partial charge on any atom is 0.328 e. The third kappa shape index (κ3) is 5.35. The van der Waals surface area contributed by atoms with E-state index in [0.29, 0.717) is 5.75 Å². The standard InChI is InChI=1S/C25H22N2O5S/c1-17(26-23(28)15-31-18-9-3-2-4-10-18)25(30)32-16-24(29)27-19-11-5-7-13-21(19)33-22-14-8-6-12-20(22)27/h2-14,17H,15-16H2,1H3,(H,26,28). The Morgan fingerprint density at radius 1 is 0.848 bits per heavy atom. The summed E-state index contributed by atoms with van der Waals surface area (Å²) < 4.78 is 10.6. The van der Waals surface area contributed by atoms with Crippen molar-refractivity contribution in [3.8, 4) is 5.75 Å². The monoisotopic (exact) mass is 462 g/mol. The number of nitrogens with one attached hydrogen (secondary N) is 1. The van der Waals surface area contributed by atoms with Gasteiger partial charge < -0.3 is 14.8 Å². The highest BCUT2D eigenvalue weighted by atomic mass is 32.2. The normalized spacial score (nSPS) is 12.7. The highest BCUT2D eigenvalue weighted by Gasteiger charge is 2.29. The van der Waals surface area contributed by atoms with Gasteiger partial charge in [-0.3, -0.25) is 14.5 Å². The van der Waals surface area contributed by atoms with Crippen molar-refractivity contribution in [1.29, 1.82) is 0 Å². The molecule has 2 amide bonds. The molecule has 0 aliphatic carbocycles. The molecule has 0 bridgehead atoms. The maximum absolute atomic E-state index is 13.1. The second-order valence-corrected chi connectivity index (χ2v) is 8.35. The highest BCUT2D eigenvalue weighted by Crippen LogP contribution is 2.47. The van der Waals surface area contributed by atoms with Crippen LogP contribution in [0.2, 0.25) is 0 Å². The minimum absolute atomic E-state index is 0.237. The molecule has 0 aromatic heterocycles. The molecule has 7 nitrogen and oxygen atoms in total. The van der Waals surface area contributed by atoms with Crippen molar-refractivity contribution in [2.45, 2.75) is 22.8 Å². The van der Waals surface area contributed by atoms with Crippen LogP contribution in [0.15, 0.2) is 88.7 Å². The fourth-order valence-electron chi connectivity index (χ4n) is 3.30. The molecule has 33 heavy (non-hydrogen) atoms. The molecule has 0 fully saturated rings. The minimum atomic E-state index is -0.929. The molecule has 1 N–H and O–H groups in total. The minimum Gasteiger partial charge on any atom is -0.484 e. The van der Waals surface area contributed by atoms with Crippen molar-refractivity contribution in [3.05, 3.63) is 78.9 Å². The number of carbonyl (C=O) groups excluding carboxylic acids is 3. The third-order valence-electron chi connectivity index (χ3n) is 4.86. The van der Waals surface area contributed by atoms with Crippen LogP contribution in [0.4, 0.5) is 11.4 Å². The molecule has 1 unspecified atom stereocenters. The van der Waals surface area contributed by atoms with Crippen molar-refractivity contribution in [1.82, 2.24) is 5.32 Å². The fraction of sp³-hybridized carbons (Fsp3) is 0.160. The van der Waals surface area contributed by atoms with Gasteiger partial charge in [-0.25, -0.2) is 4.79 Å². The number of esters is 1. The number of ether oxygens (including phenoxy) is 2. The molecule has 3 aromatic rings. The molecule has 1 heterocycles. The first-order valence-electron chi connectivity index (χ1n) is 10.4. The molecule has 0 saturated heterocycles. The Morgan fingerprint density at radius 3 is 2.06 bits per heavy atom. The van der Waals surface area contributed by atoms with E-state index in [1.807, 2.05) is 54.6 Å². The van der Waals surface area contributed by atoms with Crippen LogP contribution in [-0.4, -0.2) is 37.0 Å². The molecule has 168 valence electrons. The Labute approximate surface area is 195 Å². The van der Waals surface area contributed by atoms with E-state index in [-0.39, 0.29) is 12.5 Å². The molecule has 1 aliphatic heterocycles. The largest absolute Gasteiger partial charge is 0.484 e. The molecular formula is C25H22N2O5S. The van der Waals surface area contributed by atoms with Crippen molar-refractivity contribution in [2.24, 2.45) is 0 Å². The number of amides is 2. The van der Waals surface area contributed by atoms with E-state index in [4.69, 9.17) is 9.47 Å². The molecule has 1 aliphatic rings. The summed E-state index contributed by atoms with van der Waals surface area (Å²) in [7, 11) is 0. The van der Waals surface area contributed by atoms with Crippen LogP contribution in [0.1, 0.15) is 6.92 Å². The van der Waals surface area contributed by atoms with Gasteiger partial charge in [-0.05, 0) is 43.3 Å². The zero-order valence-electron chi connectivity index (χ0n) is 17.9. The van der Waals surface area contributed by atoms with Gasteiger partial charge in [0.2, 0.25) is 0 Å². The van der Waals surface area contributed by atoms with E-state index in [1.165, 1.54) is 6.92 Å². The Kier molecular flexibility index (Phi) is 6.95. The van der Waals surface area contributed by atoms with Crippen LogP contribution in [0, 0.1) is 0 Å². The topological polar surface area (TPSA) is 84.9 Å². The number of anilines is 2. The zero-order chi connectivity index (χ0) is 23.2. The van der Waals surface area contributed by atoms with E-state index < -0.39 is 24.5 Å². The lowest BCUT2D eigenvalue weighted by molar-refractivity contribution is -0.150. The van der Waals surface area contributed by atoms with E-state index in [9.17, 15) is 14.4 Å². The SMILES string of the molecule is CC(NC(=O)COc1ccccc1)C(=O)OCC(=O)N1c2ccccc2Sc2ccccc21. The molecular weight excluding hydrogens is 440 g/mol. The van der Waals surface area contributed by atoms with Crippen LogP contribution in [0.3, 0.4) is 0 Å². The smallest absolute Gasteiger partial charge is 0.328 e.